The summed E-state index contributed by atoms with van der Waals surface area (Å²) >= 11 is 0. The lowest BCUT2D eigenvalue weighted by molar-refractivity contribution is -0.143. The molecule has 21 heavy (non-hydrogen) atoms. The molecule has 0 saturated heterocycles. The van der Waals surface area contributed by atoms with Crippen LogP contribution in [0.3, 0.4) is 0 Å². The van der Waals surface area contributed by atoms with Gasteiger partial charge in [-0.05, 0) is 51.7 Å². The van der Waals surface area contributed by atoms with Crippen molar-refractivity contribution in [2.24, 2.45) is 0 Å². The standard InChI is InChI=1S/C17H26O4/c1-4-20-17(19)8-6-5-7-11-21-16-12-13(2)9-10-15(16)14(3)18/h9-10,12,14,18H,4-8,11H2,1-3H3/t14-/m1/s1. The summed E-state index contributed by atoms with van der Waals surface area (Å²) in [5, 5.41) is 9.72. The van der Waals surface area contributed by atoms with Crippen molar-refractivity contribution in [3.8, 4) is 5.75 Å². The topological polar surface area (TPSA) is 55.8 Å². The number of esters is 1. The zero-order chi connectivity index (χ0) is 15.7. The number of rotatable bonds is 9. The Balaban J connectivity index is 2.29. The van der Waals surface area contributed by atoms with Gasteiger partial charge >= 0.3 is 5.97 Å². The summed E-state index contributed by atoms with van der Waals surface area (Å²) in [5.41, 5.74) is 1.92. The number of aliphatic hydroxyl groups is 1. The fourth-order valence-electron chi connectivity index (χ4n) is 2.08. The Labute approximate surface area is 127 Å². The molecule has 0 bridgehead atoms. The summed E-state index contributed by atoms with van der Waals surface area (Å²) < 4.78 is 10.6. The van der Waals surface area contributed by atoms with Gasteiger partial charge in [-0.2, -0.15) is 0 Å². The second-order valence-corrected chi connectivity index (χ2v) is 5.18. The molecule has 118 valence electrons. The van der Waals surface area contributed by atoms with Crippen LogP contribution in [0, 0.1) is 6.92 Å². The molecule has 0 unspecified atom stereocenters. The van der Waals surface area contributed by atoms with E-state index in [0.717, 1.165) is 36.1 Å². The van der Waals surface area contributed by atoms with Gasteiger partial charge in [-0.1, -0.05) is 12.1 Å². The molecule has 4 heteroatoms. The second kappa shape index (κ2) is 9.40. The third-order valence-corrected chi connectivity index (χ3v) is 3.21. The van der Waals surface area contributed by atoms with Crippen LogP contribution in [0.2, 0.25) is 0 Å². The maximum Gasteiger partial charge on any atom is 0.305 e. The largest absolute Gasteiger partial charge is 0.493 e. The van der Waals surface area contributed by atoms with Gasteiger partial charge in [0.1, 0.15) is 5.75 Å². The SMILES string of the molecule is CCOC(=O)CCCCCOc1cc(C)ccc1[C@@H](C)O. The predicted octanol–water partition coefficient (Wildman–Crippen LogP) is 3.55. The molecule has 1 aromatic carbocycles. The fraction of sp³-hybridized carbons (Fsp3) is 0.588. The van der Waals surface area contributed by atoms with Crippen molar-refractivity contribution in [3.63, 3.8) is 0 Å². The van der Waals surface area contributed by atoms with Crippen molar-refractivity contribution in [3.05, 3.63) is 29.3 Å². The Morgan fingerprint density at radius 3 is 2.71 bits per heavy atom. The highest BCUT2D eigenvalue weighted by atomic mass is 16.5. The van der Waals surface area contributed by atoms with E-state index in [4.69, 9.17) is 9.47 Å². The normalized spacial score (nSPS) is 12.0. The highest BCUT2D eigenvalue weighted by Crippen LogP contribution is 2.26. The average molecular weight is 294 g/mol. The molecule has 0 fully saturated rings. The first kappa shape index (κ1) is 17.5. The molecule has 0 saturated carbocycles. The van der Waals surface area contributed by atoms with Crippen molar-refractivity contribution >= 4 is 5.97 Å². The van der Waals surface area contributed by atoms with Gasteiger partial charge in [0.2, 0.25) is 0 Å². The Morgan fingerprint density at radius 2 is 2.05 bits per heavy atom. The number of carbonyl (C=O) groups excluding carboxylic acids is 1. The summed E-state index contributed by atoms with van der Waals surface area (Å²) in [6.45, 7) is 6.58. The monoisotopic (exact) mass is 294 g/mol. The summed E-state index contributed by atoms with van der Waals surface area (Å²) in [6.07, 6.45) is 2.56. The molecule has 4 nitrogen and oxygen atoms in total. The van der Waals surface area contributed by atoms with E-state index in [1.807, 2.05) is 32.0 Å². The van der Waals surface area contributed by atoms with E-state index in [1.54, 1.807) is 6.92 Å². The minimum Gasteiger partial charge on any atom is -0.493 e. The van der Waals surface area contributed by atoms with Crippen LogP contribution in [0.15, 0.2) is 18.2 Å². The van der Waals surface area contributed by atoms with Gasteiger partial charge in [-0.15, -0.1) is 0 Å². The third-order valence-electron chi connectivity index (χ3n) is 3.21. The molecular formula is C17H26O4. The lowest BCUT2D eigenvalue weighted by atomic mass is 10.1. The van der Waals surface area contributed by atoms with Crippen LogP contribution in [0.1, 0.15) is 56.8 Å². The van der Waals surface area contributed by atoms with E-state index in [-0.39, 0.29) is 5.97 Å². The number of ether oxygens (including phenoxy) is 2. The van der Waals surface area contributed by atoms with E-state index in [0.29, 0.717) is 19.6 Å². The average Bonchev–Trinajstić information content (AvgIpc) is 2.42. The molecule has 0 amide bonds. The van der Waals surface area contributed by atoms with Crippen LogP contribution >= 0.6 is 0 Å². The van der Waals surface area contributed by atoms with Gasteiger partial charge in [0, 0.05) is 12.0 Å². The van der Waals surface area contributed by atoms with E-state index < -0.39 is 6.10 Å². The zero-order valence-electron chi connectivity index (χ0n) is 13.2. The molecule has 0 aliphatic heterocycles. The molecule has 0 heterocycles. The molecule has 0 aliphatic rings. The Kier molecular flexibility index (Phi) is 7.83. The minimum atomic E-state index is -0.538. The van der Waals surface area contributed by atoms with Gasteiger partial charge < -0.3 is 14.6 Å². The molecule has 1 rings (SSSR count). The lowest BCUT2D eigenvalue weighted by Crippen LogP contribution is -2.05. The highest BCUT2D eigenvalue weighted by molar-refractivity contribution is 5.69. The van der Waals surface area contributed by atoms with Crippen LogP contribution in [0.5, 0.6) is 5.75 Å². The molecule has 0 radical (unpaired) electrons. The number of aryl methyl sites for hydroxylation is 1. The summed E-state index contributed by atoms with van der Waals surface area (Å²) in [5.74, 6) is 0.615. The van der Waals surface area contributed by atoms with Gasteiger partial charge in [-0.3, -0.25) is 4.79 Å². The van der Waals surface area contributed by atoms with Crippen LogP contribution in [-0.2, 0) is 9.53 Å². The van der Waals surface area contributed by atoms with Crippen LogP contribution in [0.4, 0.5) is 0 Å². The molecule has 0 aromatic heterocycles. The first-order chi connectivity index (χ1) is 10.0. The number of unbranched alkanes of at least 4 members (excludes halogenated alkanes) is 2. The Morgan fingerprint density at radius 1 is 1.29 bits per heavy atom. The van der Waals surface area contributed by atoms with Crippen molar-refractivity contribution in [1.29, 1.82) is 0 Å². The zero-order valence-corrected chi connectivity index (χ0v) is 13.2. The Hall–Kier alpha value is -1.55. The lowest BCUT2D eigenvalue weighted by Gasteiger charge is -2.14. The first-order valence-corrected chi connectivity index (χ1v) is 7.61. The number of hydrogen-bond donors (Lipinski definition) is 1. The maximum absolute atomic E-state index is 11.2. The molecule has 0 spiro atoms. The smallest absolute Gasteiger partial charge is 0.305 e. The summed E-state index contributed by atoms with van der Waals surface area (Å²) in [4.78, 5) is 11.2. The molecule has 1 aromatic rings. The van der Waals surface area contributed by atoms with Gasteiger partial charge in [0.25, 0.3) is 0 Å². The number of carbonyl (C=O) groups is 1. The second-order valence-electron chi connectivity index (χ2n) is 5.18. The van der Waals surface area contributed by atoms with Gasteiger partial charge in [0.15, 0.2) is 0 Å². The van der Waals surface area contributed by atoms with Gasteiger partial charge in [0.05, 0.1) is 19.3 Å². The molecule has 1 N–H and O–H groups in total. The number of aliphatic hydroxyl groups excluding tert-OH is 1. The Bertz CT molecular complexity index is 440. The molecular weight excluding hydrogens is 268 g/mol. The van der Waals surface area contributed by atoms with Gasteiger partial charge in [-0.25, -0.2) is 0 Å². The van der Waals surface area contributed by atoms with Crippen molar-refractivity contribution in [2.75, 3.05) is 13.2 Å². The van der Waals surface area contributed by atoms with Crippen LogP contribution < -0.4 is 4.74 Å². The van der Waals surface area contributed by atoms with E-state index in [9.17, 15) is 9.90 Å². The summed E-state index contributed by atoms with van der Waals surface area (Å²) in [7, 11) is 0. The minimum absolute atomic E-state index is 0.131. The summed E-state index contributed by atoms with van der Waals surface area (Å²) in [6, 6.07) is 5.81. The quantitative estimate of drug-likeness (QED) is 0.559. The molecule has 0 aliphatic carbocycles. The fourth-order valence-corrected chi connectivity index (χ4v) is 2.08. The maximum atomic E-state index is 11.2. The van der Waals surface area contributed by atoms with Crippen LogP contribution in [-0.4, -0.2) is 24.3 Å². The molecule has 1 atom stereocenters. The predicted molar refractivity (Wildman–Crippen MR) is 82.4 cm³/mol. The number of hydrogen-bond acceptors (Lipinski definition) is 4. The van der Waals surface area contributed by atoms with Crippen LogP contribution in [0.25, 0.3) is 0 Å². The van der Waals surface area contributed by atoms with Crippen molar-refractivity contribution in [1.82, 2.24) is 0 Å². The van der Waals surface area contributed by atoms with Crippen molar-refractivity contribution < 1.29 is 19.4 Å². The first-order valence-electron chi connectivity index (χ1n) is 7.61. The number of benzene rings is 1. The van der Waals surface area contributed by atoms with E-state index in [1.165, 1.54) is 0 Å². The van der Waals surface area contributed by atoms with Crippen molar-refractivity contribution in [2.45, 2.75) is 52.6 Å². The van der Waals surface area contributed by atoms with E-state index in [2.05, 4.69) is 0 Å². The van der Waals surface area contributed by atoms with E-state index >= 15 is 0 Å². The highest BCUT2D eigenvalue weighted by Gasteiger charge is 2.09. The third kappa shape index (κ3) is 6.63.